The zero-order valence-electron chi connectivity index (χ0n) is 18.4. The molecule has 3 aromatic carbocycles. The van der Waals surface area contributed by atoms with Crippen molar-refractivity contribution >= 4 is 45.7 Å². The number of para-hydroxylation sites is 1. The molecule has 5 rings (SSSR count). The lowest BCUT2D eigenvalue weighted by Gasteiger charge is -2.43. The molecular formula is C27H23Cl2N3O2. The minimum atomic E-state index is -0.281. The lowest BCUT2D eigenvalue weighted by Crippen LogP contribution is -2.56. The molecular weight excluding hydrogens is 469 g/mol. The van der Waals surface area contributed by atoms with Gasteiger partial charge in [0.2, 0.25) is 5.56 Å². The van der Waals surface area contributed by atoms with Gasteiger partial charge in [-0.15, -0.1) is 0 Å². The van der Waals surface area contributed by atoms with E-state index < -0.39 is 0 Å². The van der Waals surface area contributed by atoms with Crippen molar-refractivity contribution in [2.75, 3.05) is 24.5 Å². The Kier molecular flexibility index (Phi) is 6.31. The van der Waals surface area contributed by atoms with Crippen LogP contribution in [0.25, 0.3) is 10.9 Å². The molecule has 1 saturated heterocycles. The summed E-state index contributed by atoms with van der Waals surface area (Å²) in [4.78, 5) is 33.1. The number of nitrogens with one attached hydrogen (secondary N) is 1. The zero-order valence-corrected chi connectivity index (χ0v) is 19.9. The van der Waals surface area contributed by atoms with Gasteiger partial charge >= 0.3 is 0 Å². The van der Waals surface area contributed by atoms with E-state index in [0.717, 1.165) is 16.6 Å². The second-order valence-corrected chi connectivity index (χ2v) is 9.29. The van der Waals surface area contributed by atoms with Crippen LogP contribution in [0.5, 0.6) is 0 Å². The zero-order chi connectivity index (χ0) is 23.7. The van der Waals surface area contributed by atoms with Crippen molar-refractivity contribution in [3.8, 4) is 0 Å². The molecule has 34 heavy (non-hydrogen) atoms. The summed E-state index contributed by atoms with van der Waals surface area (Å²) < 4.78 is 0. The third-order valence-electron chi connectivity index (χ3n) is 6.31. The number of halogens is 2. The largest absolute Gasteiger partial charge is 0.368 e. The van der Waals surface area contributed by atoms with E-state index in [9.17, 15) is 9.59 Å². The predicted molar refractivity (Wildman–Crippen MR) is 138 cm³/mol. The maximum Gasteiger partial charge on any atom is 0.255 e. The number of hydrogen-bond donors (Lipinski definition) is 1. The number of rotatable bonds is 4. The summed E-state index contributed by atoms with van der Waals surface area (Å²) in [6.45, 7) is 1.81. The number of carbonyl (C=O) groups is 1. The number of hydrogen-bond acceptors (Lipinski definition) is 3. The van der Waals surface area contributed by atoms with E-state index in [0.29, 0.717) is 47.2 Å². The average molecular weight is 492 g/mol. The second kappa shape index (κ2) is 9.53. The number of amides is 1. The molecule has 1 unspecified atom stereocenters. The fourth-order valence-corrected chi connectivity index (χ4v) is 4.93. The summed E-state index contributed by atoms with van der Waals surface area (Å²) >= 11 is 12.4. The van der Waals surface area contributed by atoms with Crippen molar-refractivity contribution in [1.29, 1.82) is 0 Å². The van der Waals surface area contributed by atoms with Gasteiger partial charge in [-0.2, -0.15) is 0 Å². The van der Waals surface area contributed by atoms with Gasteiger partial charge in [0.15, 0.2) is 0 Å². The predicted octanol–water partition coefficient (Wildman–Crippen LogP) is 5.41. The Balaban J connectivity index is 1.50. The highest BCUT2D eigenvalue weighted by Gasteiger charge is 2.32. The van der Waals surface area contributed by atoms with Gasteiger partial charge in [-0.25, -0.2) is 0 Å². The second-order valence-electron chi connectivity index (χ2n) is 8.48. The van der Waals surface area contributed by atoms with E-state index >= 15 is 0 Å². The molecule has 1 atom stereocenters. The van der Waals surface area contributed by atoms with Crippen LogP contribution in [0.2, 0.25) is 10.0 Å². The van der Waals surface area contributed by atoms with E-state index in [1.54, 1.807) is 6.07 Å². The Morgan fingerprint density at radius 1 is 0.912 bits per heavy atom. The number of anilines is 1. The molecule has 1 aromatic heterocycles. The summed E-state index contributed by atoms with van der Waals surface area (Å²) in [5.41, 5.74) is 2.93. The summed E-state index contributed by atoms with van der Waals surface area (Å²) in [7, 11) is 0. The van der Waals surface area contributed by atoms with Crippen LogP contribution in [0.3, 0.4) is 0 Å². The van der Waals surface area contributed by atoms with Crippen LogP contribution in [0, 0.1) is 0 Å². The van der Waals surface area contributed by atoms with Crippen LogP contribution in [-0.4, -0.2) is 41.5 Å². The first-order valence-corrected chi connectivity index (χ1v) is 11.9. The lowest BCUT2D eigenvalue weighted by atomic mass is 9.99. The Hall–Kier alpha value is -3.28. The van der Waals surface area contributed by atoms with Crippen LogP contribution in [0.4, 0.5) is 5.69 Å². The molecule has 0 spiro atoms. The van der Waals surface area contributed by atoms with Gasteiger partial charge in [-0.3, -0.25) is 9.59 Å². The summed E-state index contributed by atoms with van der Waals surface area (Å²) in [6.07, 6.45) is 0.700. The van der Waals surface area contributed by atoms with Gasteiger partial charge in [-0.1, -0.05) is 71.7 Å². The Labute approximate surface area is 207 Å². The number of piperazine rings is 1. The van der Waals surface area contributed by atoms with Crippen molar-refractivity contribution in [1.82, 2.24) is 9.88 Å². The van der Waals surface area contributed by atoms with Crippen molar-refractivity contribution in [2.24, 2.45) is 0 Å². The van der Waals surface area contributed by atoms with E-state index in [1.165, 1.54) is 6.07 Å². The lowest BCUT2D eigenvalue weighted by molar-refractivity contribution is 0.0658. The standard InChI is InChI=1S/C27H23Cl2N3O2/c28-23-11-10-19(15-24(23)29)31-12-13-32(20(17-31)14-18-6-2-1-3-7-18)27(34)22-16-26(33)30-25-9-5-4-8-21(22)25/h1-11,15-16,20H,12-14,17H2,(H,30,33). The Morgan fingerprint density at radius 3 is 2.47 bits per heavy atom. The van der Waals surface area contributed by atoms with Crippen molar-refractivity contribution < 1.29 is 4.79 Å². The average Bonchev–Trinajstić information content (AvgIpc) is 2.85. The fraction of sp³-hybridized carbons (Fsp3) is 0.185. The van der Waals surface area contributed by atoms with Crippen LogP contribution in [0.1, 0.15) is 15.9 Å². The Morgan fingerprint density at radius 2 is 1.68 bits per heavy atom. The minimum Gasteiger partial charge on any atom is -0.368 e. The number of nitrogens with zero attached hydrogens (tertiary/aromatic N) is 2. The molecule has 4 aromatic rings. The Bertz CT molecular complexity index is 1400. The van der Waals surface area contributed by atoms with Gasteiger partial charge in [-0.05, 0) is 36.2 Å². The summed E-state index contributed by atoms with van der Waals surface area (Å²) in [5.74, 6) is -0.128. The molecule has 2 heterocycles. The normalized spacial score (nSPS) is 16.1. The number of fused-ring (bicyclic) bond motifs is 1. The van der Waals surface area contributed by atoms with E-state index in [2.05, 4.69) is 22.0 Å². The number of benzene rings is 3. The number of H-pyrrole nitrogens is 1. The molecule has 0 radical (unpaired) electrons. The van der Waals surface area contributed by atoms with E-state index in [4.69, 9.17) is 23.2 Å². The van der Waals surface area contributed by atoms with Gasteiger partial charge in [0.25, 0.3) is 5.91 Å². The van der Waals surface area contributed by atoms with Crippen LogP contribution >= 0.6 is 23.2 Å². The smallest absolute Gasteiger partial charge is 0.255 e. The van der Waals surface area contributed by atoms with Gasteiger partial charge in [0, 0.05) is 42.3 Å². The number of pyridine rings is 1. The molecule has 0 bridgehead atoms. The third-order valence-corrected chi connectivity index (χ3v) is 7.05. The molecule has 5 nitrogen and oxygen atoms in total. The summed E-state index contributed by atoms with van der Waals surface area (Å²) in [6, 6.07) is 24.5. The van der Waals surface area contributed by atoms with E-state index in [-0.39, 0.29) is 17.5 Å². The monoisotopic (exact) mass is 491 g/mol. The minimum absolute atomic E-state index is 0.0869. The molecule has 0 saturated carbocycles. The highest BCUT2D eigenvalue weighted by Crippen LogP contribution is 2.30. The summed E-state index contributed by atoms with van der Waals surface area (Å²) in [5, 5.41) is 1.77. The van der Waals surface area contributed by atoms with Gasteiger partial charge in [0.05, 0.1) is 21.7 Å². The quantitative estimate of drug-likeness (QED) is 0.415. The molecule has 1 aliphatic rings. The number of aromatic amines is 1. The van der Waals surface area contributed by atoms with Crippen LogP contribution < -0.4 is 10.5 Å². The first-order chi connectivity index (χ1) is 16.5. The van der Waals surface area contributed by atoms with Crippen molar-refractivity contribution in [2.45, 2.75) is 12.5 Å². The molecule has 7 heteroatoms. The highest BCUT2D eigenvalue weighted by atomic mass is 35.5. The van der Waals surface area contributed by atoms with Crippen LogP contribution in [-0.2, 0) is 6.42 Å². The molecule has 172 valence electrons. The topological polar surface area (TPSA) is 56.4 Å². The molecule has 1 aliphatic heterocycles. The van der Waals surface area contributed by atoms with Crippen molar-refractivity contribution in [3.63, 3.8) is 0 Å². The fourth-order valence-electron chi connectivity index (χ4n) is 4.64. The SMILES string of the molecule is O=C(c1cc(=O)[nH]c2ccccc12)N1CCN(c2ccc(Cl)c(Cl)c2)CC1Cc1ccccc1. The van der Waals surface area contributed by atoms with E-state index in [1.807, 2.05) is 59.5 Å². The molecule has 1 N–H and O–H groups in total. The highest BCUT2D eigenvalue weighted by molar-refractivity contribution is 6.42. The molecule has 0 aliphatic carbocycles. The first-order valence-electron chi connectivity index (χ1n) is 11.2. The third kappa shape index (κ3) is 4.54. The maximum absolute atomic E-state index is 13.8. The number of carbonyl (C=O) groups excluding carboxylic acids is 1. The number of aromatic nitrogens is 1. The first kappa shape index (κ1) is 22.5. The van der Waals surface area contributed by atoms with Gasteiger partial charge in [0.1, 0.15) is 0 Å². The van der Waals surface area contributed by atoms with Gasteiger partial charge < -0.3 is 14.8 Å². The molecule has 1 amide bonds. The van der Waals surface area contributed by atoms with Crippen molar-refractivity contribution in [3.05, 3.63) is 110 Å². The maximum atomic E-state index is 13.8. The molecule has 1 fully saturated rings. The van der Waals surface area contributed by atoms with Crippen LogP contribution in [0.15, 0.2) is 83.7 Å².